The van der Waals surface area contributed by atoms with Gasteiger partial charge in [0.05, 0.1) is 12.0 Å². The molecule has 3 rings (SSSR count). The van der Waals surface area contributed by atoms with Crippen LogP contribution >= 0.6 is 0 Å². The van der Waals surface area contributed by atoms with Gasteiger partial charge in [0, 0.05) is 24.2 Å². The van der Waals surface area contributed by atoms with Gasteiger partial charge in [-0.1, -0.05) is 6.42 Å². The molecular weight excluding hydrogens is 352 g/mol. The molecule has 0 heterocycles. The van der Waals surface area contributed by atoms with Gasteiger partial charge in [0.2, 0.25) is 0 Å². The molecule has 2 saturated carbocycles. The van der Waals surface area contributed by atoms with E-state index in [1.165, 1.54) is 38.5 Å². The lowest BCUT2D eigenvalue weighted by Gasteiger charge is -2.20. The number of carbonyl (C=O) groups excluding carboxylic acids is 2. The second-order valence-electron chi connectivity index (χ2n) is 7.44. The number of methoxy groups -OCH3 is 1. The summed E-state index contributed by atoms with van der Waals surface area (Å²) in [5, 5.41) is 13.6. The Labute approximate surface area is 157 Å². The van der Waals surface area contributed by atoms with E-state index in [9.17, 15) is 19.7 Å². The number of nitro benzene ring substituents is 1. The van der Waals surface area contributed by atoms with Crippen molar-refractivity contribution in [3.8, 4) is 5.75 Å². The Hall–Kier alpha value is -2.64. The predicted octanol–water partition coefficient (Wildman–Crippen LogP) is 3.22. The third kappa shape index (κ3) is 4.37. The zero-order valence-corrected chi connectivity index (χ0v) is 15.5. The molecule has 0 unspecified atom stereocenters. The zero-order valence-electron chi connectivity index (χ0n) is 15.5. The number of nitro groups is 1. The highest BCUT2D eigenvalue weighted by atomic mass is 16.6. The minimum Gasteiger partial charge on any atom is -0.490 e. The molecule has 27 heavy (non-hydrogen) atoms. The average molecular weight is 376 g/mol. The molecule has 3 atom stereocenters. The van der Waals surface area contributed by atoms with Gasteiger partial charge < -0.3 is 14.8 Å². The number of ether oxygens (including phenoxy) is 2. The number of esters is 1. The van der Waals surface area contributed by atoms with Crippen molar-refractivity contribution < 1.29 is 24.0 Å². The van der Waals surface area contributed by atoms with Crippen LogP contribution < -0.4 is 10.1 Å². The third-order valence-corrected chi connectivity index (χ3v) is 5.67. The quantitative estimate of drug-likeness (QED) is 0.445. The molecule has 8 heteroatoms. The number of anilines is 1. The van der Waals surface area contributed by atoms with Gasteiger partial charge >= 0.3 is 11.7 Å². The van der Waals surface area contributed by atoms with Gasteiger partial charge in [0.1, 0.15) is 0 Å². The summed E-state index contributed by atoms with van der Waals surface area (Å²) in [5.74, 6) is 0.994. The lowest BCUT2D eigenvalue weighted by atomic mass is 9.86. The van der Waals surface area contributed by atoms with Crippen LogP contribution in [0.25, 0.3) is 0 Å². The van der Waals surface area contributed by atoms with E-state index < -0.39 is 10.8 Å². The van der Waals surface area contributed by atoms with Crippen molar-refractivity contribution in [1.29, 1.82) is 0 Å². The molecule has 1 aromatic carbocycles. The van der Waals surface area contributed by atoms with Gasteiger partial charge in [0.15, 0.2) is 12.4 Å². The van der Waals surface area contributed by atoms with Crippen LogP contribution in [0.3, 0.4) is 0 Å². The molecule has 2 aliphatic rings. The first-order valence-corrected chi connectivity index (χ1v) is 9.16. The smallest absolute Gasteiger partial charge is 0.311 e. The summed E-state index contributed by atoms with van der Waals surface area (Å²) in [7, 11) is 1.32. The Morgan fingerprint density at radius 1 is 1.30 bits per heavy atom. The summed E-state index contributed by atoms with van der Waals surface area (Å²) in [6, 6.07) is 2.72. The molecule has 1 N–H and O–H groups in total. The summed E-state index contributed by atoms with van der Waals surface area (Å²) < 4.78 is 10.1. The molecule has 0 aromatic heterocycles. The standard InChI is InChI=1S/C19H24N2O6/c1-11-5-16(21(24)25)17(26-2)9-15(11)20-18(22)10-27-19(23)8-14-7-12-3-4-13(14)6-12/h5,9,12-14H,3-4,6-8,10H2,1-2H3,(H,20,22)/t12-,13-,14+/m0/s1. The molecule has 0 radical (unpaired) electrons. The van der Waals surface area contributed by atoms with E-state index in [4.69, 9.17) is 9.47 Å². The van der Waals surface area contributed by atoms with Gasteiger partial charge in [-0.05, 0) is 49.5 Å². The SMILES string of the molecule is COc1cc(NC(=O)COC(=O)C[C@H]2C[C@H]3CC[C@H]2C3)c(C)cc1[N+](=O)[O-]. The Bertz CT molecular complexity index is 763. The first-order chi connectivity index (χ1) is 12.9. The summed E-state index contributed by atoms with van der Waals surface area (Å²) in [5.41, 5.74) is 0.723. The van der Waals surface area contributed by atoms with Crippen molar-refractivity contribution >= 4 is 23.3 Å². The van der Waals surface area contributed by atoms with E-state index >= 15 is 0 Å². The van der Waals surface area contributed by atoms with Crippen LogP contribution in [0.1, 0.15) is 37.7 Å². The second kappa shape index (κ2) is 7.94. The third-order valence-electron chi connectivity index (χ3n) is 5.67. The number of hydrogen-bond donors (Lipinski definition) is 1. The van der Waals surface area contributed by atoms with E-state index in [2.05, 4.69) is 5.32 Å². The van der Waals surface area contributed by atoms with E-state index in [1.54, 1.807) is 6.92 Å². The predicted molar refractivity (Wildman–Crippen MR) is 97.5 cm³/mol. The minimum absolute atomic E-state index is 0.0502. The number of nitrogens with one attached hydrogen (secondary N) is 1. The normalized spacial score (nSPS) is 23.1. The fraction of sp³-hybridized carbons (Fsp3) is 0.579. The number of hydrogen-bond acceptors (Lipinski definition) is 6. The van der Waals surface area contributed by atoms with Crippen LogP contribution in [0.5, 0.6) is 5.75 Å². The molecule has 1 aromatic rings. The van der Waals surface area contributed by atoms with Crippen molar-refractivity contribution in [2.45, 2.75) is 39.0 Å². The van der Waals surface area contributed by atoms with E-state index in [1.807, 2.05) is 0 Å². The first-order valence-electron chi connectivity index (χ1n) is 9.16. The van der Waals surface area contributed by atoms with Crippen molar-refractivity contribution in [2.24, 2.45) is 17.8 Å². The number of amides is 1. The summed E-state index contributed by atoms with van der Waals surface area (Å²) in [6.07, 6.45) is 5.16. The van der Waals surface area contributed by atoms with Gasteiger partial charge in [-0.3, -0.25) is 19.7 Å². The maximum atomic E-state index is 12.1. The lowest BCUT2D eigenvalue weighted by molar-refractivity contribution is -0.385. The zero-order chi connectivity index (χ0) is 19.6. The highest BCUT2D eigenvalue weighted by Crippen LogP contribution is 2.49. The van der Waals surface area contributed by atoms with Crippen LogP contribution in [-0.4, -0.2) is 30.5 Å². The fourth-order valence-corrected chi connectivity index (χ4v) is 4.35. The van der Waals surface area contributed by atoms with Crippen LogP contribution in [-0.2, 0) is 14.3 Å². The molecule has 2 fully saturated rings. The maximum absolute atomic E-state index is 12.1. The molecule has 146 valence electrons. The minimum atomic E-state index is -0.547. The summed E-state index contributed by atoms with van der Waals surface area (Å²) in [6.45, 7) is 1.27. The Morgan fingerprint density at radius 2 is 2.07 bits per heavy atom. The van der Waals surface area contributed by atoms with Crippen LogP contribution in [0.2, 0.25) is 0 Å². The topological polar surface area (TPSA) is 108 Å². The molecule has 0 spiro atoms. The van der Waals surface area contributed by atoms with Crippen LogP contribution in [0.15, 0.2) is 12.1 Å². The van der Waals surface area contributed by atoms with Gasteiger partial charge in [-0.25, -0.2) is 0 Å². The van der Waals surface area contributed by atoms with Crippen molar-refractivity contribution in [1.82, 2.24) is 0 Å². The van der Waals surface area contributed by atoms with E-state index in [0.29, 0.717) is 29.5 Å². The molecule has 8 nitrogen and oxygen atoms in total. The van der Waals surface area contributed by atoms with E-state index in [-0.39, 0.29) is 24.0 Å². The van der Waals surface area contributed by atoms with Gasteiger partial charge in [-0.15, -0.1) is 0 Å². The monoisotopic (exact) mass is 376 g/mol. The average Bonchev–Trinajstić information content (AvgIpc) is 3.24. The number of nitrogens with zero attached hydrogens (tertiary/aromatic N) is 1. The highest BCUT2D eigenvalue weighted by molar-refractivity contribution is 5.94. The number of benzene rings is 1. The molecule has 0 saturated heterocycles. The highest BCUT2D eigenvalue weighted by Gasteiger charge is 2.40. The fourth-order valence-electron chi connectivity index (χ4n) is 4.35. The molecule has 2 aliphatic carbocycles. The van der Waals surface area contributed by atoms with Gasteiger partial charge in [-0.2, -0.15) is 0 Å². The number of aryl methyl sites for hydroxylation is 1. The van der Waals surface area contributed by atoms with Crippen LogP contribution in [0, 0.1) is 34.8 Å². The summed E-state index contributed by atoms with van der Waals surface area (Å²) in [4.78, 5) is 34.6. The van der Waals surface area contributed by atoms with E-state index in [0.717, 1.165) is 12.3 Å². The largest absolute Gasteiger partial charge is 0.490 e. The number of rotatable bonds is 7. The summed E-state index contributed by atoms with van der Waals surface area (Å²) >= 11 is 0. The number of fused-ring (bicyclic) bond motifs is 2. The molecule has 1 amide bonds. The molecular formula is C19H24N2O6. The molecule has 2 bridgehead atoms. The lowest BCUT2D eigenvalue weighted by Crippen LogP contribution is -2.23. The first kappa shape index (κ1) is 19.1. The Morgan fingerprint density at radius 3 is 2.67 bits per heavy atom. The second-order valence-corrected chi connectivity index (χ2v) is 7.44. The van der Waals surface area contributed by atoms with Crippen molar-refractivity contribution in [3.05, 3.63) is 27.8 Å². The van der Waals surface area contributed by atoms with Gasteiger partial charge in [0.25, 0.3) is 5.91 Å². The molecule has 0 aliphatic heterocycles. The maximum Gasteiger partial charge on any atom is 0.311 e. The van der Waals surface area contributed by atoms with Crippen molar-refractivity contribution in [2.75, 3.05) is 19.0 Å². The Balaban J connectivity index is 1.51. The van der Waals surface area contributed by atoms with Crippen LogP contribution in [0.4, 0.5) is 11.4 Å². The Kier molecular flexibility index (Phi) is 5.62. The van der Waals surface area contributed by atoms with Crippen molar-refractivity contribution in [3.63, 3.8) is 0 Å². The number of carbonyl (C=O) groups is 2.